The normalized spacial score (nSPS) is 12.8. The minimum atomic E-state index is -0.212. The van der Waals surface area contributed by atoms with Gasteiger partial charge in [-0.3, -0.25) is 4.79 Å². The van der Waals surface area contributed by atoms with E-state index in [4.69, 9.17) is 14.2 Å². The fourth-order valence-electron chi connectivity index (χ4n) is 2.93. The highest BCUT2D eigenvalue weighted by atomic mass is 16.5. The molecule has 0 spiro atoms. The maximum atomic E-state index is 12.6. The lowest BCUT2D eigenvalue weighted by atomic mass is 10.1. The van der Waals surface area contributed by atoms with Gasteiger partial charge in [-0.15, -0.1) is 0 Å². The van der Waals surface area contributed by atoms with Gasteiger partial charge < -0.3 is 24.4 Å². The molecule has 0 fully saturated rings. The van der Waals surface area contributed by atoms with E-state index in [0.29, 0.717) is 36.8 Å². The standard InChI is InChI=1S/C19H22N2O4/c1-23-16-8-5-9-17(24-2)18(16)19(22)20-10-11-21-12-13-25-15-7-4-3-6-14(15)21/h3-9H,10-13H2,1-2H3,(H,20,22). The molecule has 6 heteroatoms. The summed E-state index contributed by atoms with van der Waals surface area (Å²) >= 11 is 0. The van der Waals surface area contributed by atoms with Gasteiger partial charge in [0.25, 0.3) is 5.91 Å². The average molecular weight is 342 g/mol. The van der Waals surface area contributed by atoms with Gasteiger partial charge in [-0.1, -0.05) is 18.2 Å². The van der Waals surface area contributed by atoms with Crippen molar-refractivity contribution in [2.75, 3.05) is 45.4 Å². The minimum absolute atomic E-state index is 0.212. The number of hydrogen-bond acceptors (Lipinski definition) is 5. The first kappa shape index (κ1) is 17.0. The highest BCUT2D eigenvalue weighted by molar-refractivity contribution is 5.99. The monoisotopic (exact) mass is 342 g/mol. The molecule has 0 saturated heterocycles. The summed E-state index contributed by atoms with van der Waals surface area (Å²) in [6.07, 6.45) is 0. The van der Waals surface area contributed by atoms with Gasteiger partial charge in [0, 0.05) is 13.1 Å². The van der Waals surface area contributed by atoms with E-state index in [2.05, 4.69) is 10.2 Å². The summed E-state index contributed by atoms with van der Waals surface area (Å²) in [7, 11) is 3.08. The lowest BCUT2D eigenvalue weighted by Gasteiger charge is -2.31. The van der Waals surface area contributed by atoms with E-state index in [1.807, 2.05) is 24.3 Å². The van der Waals surface area contributed by atoms with Crippen LogP contribution in [0.1, 0.15) is 10.4 Å². The zero-order valence-electron chi connectivity index (χ0n) is 14.5. The van der Waals surface area contributed by atoms with E-state index in [1.165, 1.54) is 14.2 Å². The van der Waals surface area contributed by atoms with Crippen LogP contribution in [-0.4, -0.2) is 46.4 Å². The Kier molecular flexibility index (Phi) is 5.28. The predicted molar refractivity (Wildman–Crippen MR) is 96.0 cm³/mol. The fraction of sp³-hybridized carbons (Fsp3) is 0.316. The molecule has 1 heterocycles. The number of carbonyl (C=O) groups excluding carboxylic acids is 1. The van der Waals surface area contributed by atoms with Gasteiger partial charge in [-0.05, 0) is 24.3 Å². The maximum absolute atomic E-state index is 12.6. The van der Waals surface area contributed by atoms with Gasteiger partial charge in [0.2, 0.25) is 0 Å². The molecule has 1 N–H and O–H groups in total. The zero-order valence-corrected chi connectivity index (χ0v) is 14.5. The summed E-state index contributed by atoms with van der Waals surface area (Å²) in [6, 6.07) is 13.2. The molecule has 1 aliphatic rings. The second-order valence-electron chi connectivity index (χ2n) is 5.60. The Morgan fingerprint density at radius 3 is 2.56 bits per heavy atom. The molecule has 0 saturated carbocycles. The van der Waals surface area contributed by atoms with Gasteiger partial charge in [0.15, 0.2) is 0 Å². The van der Waals surface area contributed by atoms with E-state index in [9.17, 15) is 4.79 Å². The van der Waals surface area contributed by atoms with Crippen molar-refractivity contribution in [3.8, 4) is 17.2 Å². The van der Waals surface area contributed by atoms with Crippen molar-refractivity contribution in [2.24, 2.45) is 0 Å². The van der Waals surface area contributed by atoms with Crippen LogP contribution in [0.2, 0.25) is 0 Å². The van der Waals surface area contributed by atoms with Crippen LogP contribution in [0.5, 0.6) is 17.2 Å². The number of para-hydroxylation sites is 2. The van der Waals surface area contributed by atoms with Crippen LogP contribution < -0.4 is 24.4 Å². The molecule has 0 atom stereocenters. The molecule has 0 bridgehead atoms. The first-order valence-electron chi connectivity index (χ1n) is 8.20. The molecule has 0 unspecified atom stereocenters. The van der Waals surface area contributed by atoms with Crippen molar-refractivity contribution < 1.29 is 19.0 Å². The molecular weight excluding hydrogens is 320 g/mol. The third-order valence-corrected chi connectivity index (χ3v) is 4.15. The number of ether oxygens (including phenoxy) is 3. The minimum Gasteiger partial charge on any atom is -0.496 e. The van der Waals surface area contributed by atoms with Crippen LogP contribution in [-0.2, 0) is 0 Å². The summed E-state index contributed by atoms with van der Waals surface area (Å²) in [5.41, 5.74) is 1.47. The molecule has 0 aliphatic carbocycles. The first-order valence-corrected chi connectivity index (χ1v) is 8.20. The van der Waals surface area contributed by atoms with Gasteiger partial charge in [-0.2, -0.15) is 0 Å². The summed E-state index contributed by atoms with van der Waals surface area (Å²) in [6.45, 7) is 2.65. The summed E-state index contributed by atoms with van der Waals surface area (Å²) in [5.74, 6) is 1.66. The molecule has 2 aromatic rings. The molecule has 132 valence electrons. The van der Waals surface area contributed by atoms with Crippen LogP contribution in [0.15, 0.2) is 42.5 Å². The lowest BCUT2D eigenvalue weighted by molar-refractivity contribution is 0.0948. The second-order valence-corrected chi connectivity index (χ2v) is 5.60. The molecule has 0 aromatic heterocycles. The molecule has 2 aromatic carbocycles. The molecule has 1 amide bonds. The average Bonchev–Trinajstić information content (AvgIpc) is 2.67. The van der Waals surface area contributed by atoms with E-state index >= 15 is 0 Å². The lowest BCUT2D eigenvalue weighted by Crippen LogP contribution is -2.39. The second kappa shape index (κ2) is 7.79. The van der Waals surface area contributed by atoms with Gasteiger partial charge in [0.05, 0.1) is 26.5 Å². The topological polar surface area (TPSA) is 60.0 Å². The van der Waals surface area contributed by atoms with E-state index in [1.54, 1.807) is 18.2 Å². The Bertz CT molecular complexity index is 726. The number of rotatable bonds is 6. The van der Waals surface area contributed by atoms with Crippen LogP contribution in [0.4, 0.5) is 5.69 Å². The predicted octanol–water partition coefficient (Wildman–Crippen LogP) is 2.33. The van der Waals surface area contributed by atoms with Crippen molar-refractivity contribution in [2.45, 2.75) is 0 Å². The molecule has 25 heavy (non-hydrogen) atoms. The number of methoxy groups -OCH3 is 2. The molecule has 6 nitrogen and oxygen atoms in total. The Morgan fingerprint density at radius 2 is 1.84 bits per heavy atom. The van der Waals surface area contributed by atoms with Crippen LogP contribution in [0.3, 0.4) is 0 Å². The smallest absolute Gasteiger partial charge is 0.258 e. The summed E-state index contributed by atoms with van der Waals surface area (Å²) < 4.78 is 16.2. The maximum Gasteiger partial charge on any atom is 0.258 e. The zero-order chi connectivity index (χ0) is 17.6. The van der Waals surface area contributed by atoms with E-state index in [0.717, 1.165) is 18.0 Å². The number of carbonyl (C=O) groups is 1. The third kappa shape index (κ3) is 3.63. The Labute approximate surface area is 147 Å². The van der Waals surface area contributed by atoms with Crippen molar-refractivity contribution >= 4 is 11.6 Å². The number of fused-ring (bicyclic) bond motifs is 1. The highest BCUT2D eigenvalue weighted by Crippen LogP contribution is 2.30. The SMILES string of the molecule is COc1cccc(OC)c1C(=O)NCCN1CCOc2ccccc21. The largest absolute Gasteiger partial charge is 0.496 e. The molecule has 3 rings (SSSR count). The Balaban J connectivity index is 1.65. The third-order valence-electron chi connectivity index (χ3n) is 4.15. The molecular formula is C19H22N2O4. The number of anilines is 1. The van der Waals surface area contributed by atoms with Crippen molar-refractivity contribution in [3.05, 3.63) is 48.0 Å². The number of nitrogens with zero attached hydrogens (tertiary/aromatic N) is 1. The quantitative estimate of drug-likeness (QED) is 0.873. The first-order chi connectivity index (χ1) is 12.2. The summed E-state index contributed by atoms with van der Waals surface area (Å²) in [5, 5.41) is 2.95. The summed E-state index contributed by atoms with van der Waals surface area (Å²) in [4.78, 5) is 14.8. The van der Waals surface area contributed by atoms with Crippen molar-refractivity contribution in [1.29, 1.82) is 0 Å². The number of nitrogens with one attached hydrogen (secondary N) is 1. The van der Waals surface area contributed by atoms with E-state index in [-0.39, 0.29) is 5.91 Å². The van der Waals surface area contributed by atoms with Gasteiger partial charge in [0.1, 0.15) is 29.4 Å². The van der Waals surface area contributed by atoms with Crippen LogP contribution in [0.25, 0.3) is 0 Å². The molecule has 1 aliphatic heterocycles. The van der Waals surface area contributed by atoms with Gasteiger partial charge >= 0.3 is 0 Å². The Hall–Kier alpha value is -2.89. The van der Waals surface area contributed by atoms with E-state index < -0.39 is 0 Å². The number of benzene rings is 2. The van der Waals surface area contributed by atoms with Crippen molar-refractivity contribution in [1.82, 2.24) is 5.32 Å². The number of hydrogen-bond donors (Lipinski definition) is 1. The van der Waals surface area contributed by atoms with Crippen molar-refractivity contribution in [3.63, 3.8) is 0 Å². The fourth-order valence-corrected chi connectivity index (χ4v) is 2.93. The molecule has 0 radical (unpaired) electrons. The van der Waals surface area contributed by atoms with Gasteiger partial charge in [-0.25, -0.2) is 0 Å². The number of amides is 1. The van der Waals surface area contributed by atoms with Crippen LogP contribution >= 0.6 is 0 Å². The Morgan fingerprint density at radius 1 is 1.12 bits per heavy atom. The van der Waals surface area contributed by atoms with Crippen LogP contribution in [0, 0.1) is 0 Å². The highest BCUT2D eigenvalue weighted by Gasteiger charge is 2.20.